The van der Waals surface area contributed by atoms with Crippen LogP contribution in [0.4, 0.5) is 0 Å². The lowest BCUT2D eigenvalue weighted by atomic mass is 9.93. The molecule has 0 radical (unpaired) electrons. The largest absolute Gasteiger partial charge is 0.465 e. The van der Waals surface area contributed by atoms with E-state index in [1.807, 2.05) is 30.3 Å². The highest BCUT2D eigenvalue weighted by molar-refractivity contribution is 5.80. The summed E-state index contributed by atoms with van der Waals surface area (Å²) in [5.74, 6) is 0.100. The lowest BCUT2D eigenvalue weighted by molar-refractivity contribution is -0.147. The lowest BCUT2D eigenvalue weighted by Crippen LogP contribution is -2.32. The van der Waals surface area contributed by atoms with Gasteiger partial charge >= 0.3 is 5.97 Å². The van der Waals surface area contributed by atoms with E-state index in [0.717, 1.165) is 30.4 Å². The number of amides is 1. The maximum absolute atomic E-state index is 12.3. The van der Waals surface area contributed by atoms with E-state index in [0.29, 0.717) is 12.5 Å². The Morgan fingerprint density at radius 1 is 1.25 bits per heavy atom. The molecule has 2 atom stereocenters. The Bertz CT molecular complexity index is 677. The van der Waals surface area contributed by atoms with Crippen molar-refractivity contribution >= 4 is 18.0 Å². The van der Waals surface area contributed by atoms with Crippen LogP contribution < -0.4 is 0 Å². The Hall–Kier alpha value is -2.36. The summed E-state index contributed by atoms with van der Waals surface area (Å²) in [4.78, 5) is 25.9. The summed E-state index contributed by atoms with van der Waals surface area (Å²) in [5, 5.41) is 0. The fourth-order valence-corrected chi connectivity index (χ4v) is 3.35. The van der Waals surface area contributed by atoms with E-state index in [1.54, 1.807) is 11.1 Å². The van der Waals surface area contributed by atoms with Crippen molar-refractivity contribution in [2.45, 2.75) is 38.6 Å². The molecule has 1 aromatic carbocycles. The van der Waals surface area contributed by atoms with Gasteiger partial charge in [-0.25, -0.2) is 0 Å². The molecule has 24 heavy (non-hydrogen) atoms. The second-order valence-corrected chi connectivity index (χ2v) is 6.42. The second kappa shape index (κ2) is 7.47. The third-order valence-corrected chi connectivity index (χ3v) is 4.69. The number of carbonyl (C=O) groups excluding carboxylic acids is 2. The van der Waals surface area contributed by atoms with Gasteiger partial charge in [0.1, 0.15) is 0 Å². The molecular weight excluding hydrogens is 302 g/mol. The van der Waals surface area contributed by atoms with Gasteiger partial charge in [0.05, 0.1) is 19.1 Å². The minimum Gasteiger partial charge on any atom is -0.465 e. The molecule has 4 heteroatoms. The molecule has 126 valence electrons. The zero-order chi connectivity index (χ0) is 16.9. The number of rotatable bonds is 4. The summed E-state index contributed by atoms with van der Waals surface area (Å²) in [5.41, 5.74) is 2.04. The van der Waals surface area contributed by atoms with Gasteiger partial charge in [-0.05, 0) is 42.4 Å². The number of hydrogen-bond acceptors (Lipinski definition) is 3. The number of ether oxygens (including phenoxy) is 1. The van der Waals surface area contributed by atoms with Crippen LogP contribution in [0.15, 0.2) is 42.6 Å². The van der Waals surface area contributed by atoms with Crippen molar-refractivity contribution in [3.05, 3.63) is 53.7 Å². The second-order valence-electron chi connectivity index (χ2n) is 6.42. The zero-order valence-electron chi connectivity index (χ0n) is 14.0. The van der Waals surface area contributed by atoms with Gasteiger partial charge in [0.25, 0.3) is 0 Å². The van der Waals surface area contributed by atoms with Gasteiger partial charge in [0.15, 0.2) is 0 Å². The van der Waals surface area contributed by atoms with Crippen LogP contribution in [0.1, 0.15) is 49.8 Å². The number of esters is 1. The summed E-state index contributed by atoms with van der Waals surface area (Å²) in [6.45, 7) is 1.98. The molecule has 0 aromatic heterocycles. The van der Waals surface area contributed by atoms with E-state index < -0.39 is 0 Å². The van der Waals surface area contributed by atoms with Gasteiger partial charge < -0.3 is 9.64 Å². The van der Waals surface area contributed by atoms with Crippen molar-refractivity contribution in [2.24, 2.45) is 5.92 Å². The summed E-state index contributed by atoms with van der Waals surface area (Å²) in [6, 6.07) is 7.57. The third-order valence-electron chi connectivity index (χ3n) is 4.69. The molecule has 1 amide bonds. The van der Waals surface area contributed by atoms with Crippen molar-refractivity contribution in [3.63, 3.8) is 0 Å². The fraction of sp³-hybridized carbons (Fsp3) is 0.400. The molecule has 2 aliphatic rings. The first-order chi connectivity index (χ1) is 11.6. The molecule has 1 heterocycles. The minimum atomic E-state index is -0.289. The van der Waals surface area contributed by atoms with E-state index in [1.165, 1.54) is 6.92 Å². The zero-order valence-corrected chi connectivity index (χ0v) is 14.0. The van der Waals surface area contributed by atoms with Gasteiger partial charge in [-0.15, -0.1) is 0 Å². The van der Waals surface area contributed by atoms with Crippen molar-refractivity contribution in [1.29, 1.82) is 0 Å². The Morgan fingerprint density at radius 2 is 2.08 bits per heavy atom. The molecule has 4 nitrogen and oxygen atoms in total. The SMILES string of the molecule is CC(=O)N1C=Cc2ccccc2C1CC(=O)OCC1CC=CCC1. The molecule has 1 aliphatic carbocycles. The summed E-state index contributed by atoms with van der Waals surface area (Å²) >= 11 is 0. The molecule has 2 unspecified atom stereocenters. The number of allylic oxidation sites excluding steroid dienone is 2. The van der Waals surface area contributed by atoms with E-state index in [9.17, 15) is 9.59 Å². The normalized spacial score (nSPS) is 22.1. The molecule has 0 N–H and O–H groups in total. The number of fused-ring (bicyclic) bond motifs is 1. The highest BCUT2D eigenvalue weighted by Crippen LogP contribution is 2.33. The quantitative estimate of drug-likeness (QED) is 0.624. The smallest absolute Gasteiger partial charge is 0.308 e. The van der Waals surface area contributed by atoms with Gasteiger partial charge in [0, 0.05) is 13.1 Å². The van der Waals surface area contributed by atoms with Crippen molar-refractivity contribution < 1.29 is 14.3 Å². The van der Waals surface area contributed by atoms with E-state index in [2.05, 4.69) is 12.2 Å². The van der Waals surface area contributed by atoms with Crippen LogP contribution >= 0.6 is 0 Å². The monoisotopic (exact) mass is 325 g/mol. The van der Waals surface area contributed by atoms with Crippen LogP contribution in [-0.4, -0.2) is 23.4 Å². The maximum atomic E-state index is 12.3. The predicted octanol–water partition coefficient (Wildman–Crippen LogP) is 3.85. The first-order valence-electron chi connectivity index (χ1n) is 8.52. The average molecular weight is 325 g/mol. The van der Waals surface area contributed by atoms with Crippen LogP contribution in [0.5, 0.6) is 0 Å². The van der Waals surface area contributed by atoms with Crippen LogP contribution in [0, 0.1) is 5.92 Å². The number of hydrogen-bond donors (Lipinski definition) is 0. The Balaban J connectivity index is 1.66. The van der Waals surface area contributed by atoms with Crippen LogP contribution in [-0.2, 0) is 14.3 Å². The molecule has 0 spiro atoms. The fourth-order valence-electron chi connectivity index (χ4n) is 3.35. The summed E-state index contributed by atoms with van der Waals surface area (Å²) in [7, 11) is 0. The maximum Gasteiger partial charge on any atom is 0.308 e. The van der Waals surface area contributed by atoms with Gasteiger partial charge in [0.2, 0.25) is 5.91 Å². The topological polar surface area (TPSA) is 46.6 Å². The minimum absolute atomic E-state index is 0.0732. The van der Waals surface area contributed by atoms with Crippen molar-refractivity contribution in [1.82, 2.24) is 4.90 Å². The predicted molar refractivity (Wildman–Crippen MR) is 92.8 cm³/mol. The van der Waals surface area contributed by atoms with Gasteiger partial charge in [-0.2, -0.15) is 0 Å². The summed E-state index contributed by atoms with van der Waals surface area (Å²) < 4.78 is 5.49. The standard InChI is InChI=1S/C20H23NO3/c1-15(22)21-12-11-17-9-5-6-10-18(17)19(21)13-20(23)24-14-16-7-3-2-4-8-16/h2-3,5-6,9-12,16,19H,4,7-8,13-14H2,1H3. The first-order valence-corrected chi connectivity index (χ1v) is 8.52. The van der Waals surface area contributed by atoms with Crippen molar-refractivity contribution in [3.8, 4) is 0 Å². The average Bonchev–Trinajstić information content (AvgIpc) is 2.61. The molecule has 1 aliphatic heterocycles. The third kappa shape index (κ3) is 3.75. The van der Waals surface area contributed by atoms with E-state index in [4.69, 9.17) is 4.74 Å². The molecule has 0 bridgehead atoms. The van der Waals surface area contributed by atoms with E-state index in [-0.39, 0.29) is 24.3 Å². The molecule has 0 saturated heterocycles. The van der Waals surface area contributed by atoms with Crippen LogP contribution in [0.25, 0.3) is 6.08 Å². The number of nitrogens with zero attached hydrogens (tertiary/aromatic N) is 1. The van der Waals surface area contributed by atoms with Gasteiger partial charge in [-0.1, -0.05) is 36.4 Å². The number of carbonyl (C=O) groups is 2. The molecule has 3 rings (SSSR count). The molecule has 1 aromatic rings. The Labute approximate surface area is 142 Å². The van der Waals surface area contributed by atoms with E-state index >= 15 is 0 Å². The molecule has 0 saturated carbocycles. The van der Waals surface area contributed by atoms with Gasteiger partial charge in [-0.3, -0.25) is 9.59 Å². The van der Waals surface area contributed by atoms with Crippen LogP contribution in [0.3, 0.4) is 0 Å². The number of benzene rings is 1. The summed E-state index contributed by atoms with van der Waals surface area (Å²) in [6.07, 6.45) is 11.3. The van der Waals surface area contributed by atoms with Crippen molar-refractivity contribution in [2.75, 3.05) is 6.61 Å². The molecule has 0 fully saturated rings. The lowest BCUT2D eigenvalue weighted by Gasteiger charge is -2.32. The highest BCUT2D eigenvalue weighted by atomic mass is 16.5. The molecular formula is C20H23NO3. The highest BCUT2D eigenvalue weighted by Gasteiger charge is 2.29. The van der Waals surface area contributed by atoms with Crippen LogP contribution in [0.2, 0.25) is 0 Å². The Kier molecular flexibility index (Phi) is 5.14. The Morgan fingerprint density at radius 3 is 2.83 bits per heavy atom. The first kappa shape index (κ1) is 16.5.